The Labute approximate surface area is 161 Å². The summed E-state index contributed by atoms with van der Waals surface area (Å²) in [5, 5.41) is 7.50. The second kappa shape index (κ2) is 9.54. The first-order valence-electron chi connectivity index (χ1n) is 8.38. The molecule has 7 heteroatoms. The molecule has 0 atom stereocenters. The molecule has 2 aromatic carbocycles. The van der Waals surface area contributed by atoms with Gasteiger partial charge in [0.1, 0.15) is 5.69 Å². The molecule has 0 aliphatic heterocycles. The van der Waals surface area contributed by atoms with Gasteiger partial charge >= 0.3 is 11.9 Å². The number of nitrogens with one attached hydrogen (secondary N) is 1. The van der Waals surface area contributed by atoms with E-state index in [0.29, 0.717) is 11.4 Å². The molecule has 3 rings (SSSR count). The van der Waals surface area contributed by atoms with Crippen molar-refractivity contribution in [2.24, 2.45) is 10.2 Å². The number of carbonyl (C=O) groups is 2. The van der Waals surface area contributed by atoms with Gasteiger partial charge in [-0.25, -0.2) is 10.3 Å². The normalized spacial score (nSPS) is 10.9. The van der Waals surface area contributed by atoms with E-state index in [1.54, 1.807) is 48.5 Å². The maximum atomic E-state index is 11.8. The maximum absolute atomic E-state index is 11.8. The van der Waals surface area contributed by atoms with Crippen LogP contribution in [0.25, 0.3) is 6.08 Å². The van der Waals surface area contributed by atoms with Crippen LogP contribution in [0.1, 0.15) is 16.1 Å². The number of hydrogen-bond donors (Lipinski definition) is 1. The van der Waals surface area contributed by atoms with Gasteiger partial charge in [0.2, 0.25) is 0 Å². The first kappa shape index (κ1) is 18.7. The highest BCUT2D eigenvalue weighted by Gasteiger charge is 2.04. The summed E-state index contributed by atoms with van der Waals surface area (Å²) >= 11 is 0. The fourth-order valence-electron chi connectivity index (χ4n) is 2.11. The number of aromatic nitrogens is 1. The molecule has 7 nitrogen and oxygen atoms in total. The molecule has 0 radical (unpaired) electrons. The topological polar surface area (TPSA) is 93.0 Å². The van der Waals surface area contributed by atoms with Gasteiger partial charge in [-0.3, -0.25) is 9.78 Å². The Kier molecular flexibility index (Phi) is 6.35. The summed E-state index contributed by atoms with van der Waals surface area (Å²) in [5.41, 5.74) is 4.70. The Morgan fingerprint density at radius 1 is 0.929 bits per heavy atom. The lowest BCUT2D eigenvalue weighted by Gasteiger charge is -2.04. The summed E-state index contributed by atoms with van der Waals surface area (Å²) in [6, 6.07) is 20.9. The van der Waals surface area contributed by atoms with Crippen LogP contribution < -0.4 is 5.48 Å². The maximum Gasteiger partial charge on any atom is 0.355 e. The molecule has 0 saturated heterocycles. The zero-order chi connectivity index (χ0) is 19.6. The van der Waals surface area contributed by atoms with Crippen molar-refractivity contribution in [1.82, 2.24) is 4.98 Å². The lowest BCUT2D eigenvalue weighted by atomic mass is 10.2. The third-order valence-electron chi connectivity index (χ3n) is 3.49. The Morgan fingerprint density at radius 3 is 2.39 bits per heavy atom. The third kappa shape index (κ3) is 5.70. The number of nitrogens with zero attached hydrogens (tertiary/aromatic N) is 3. The van der Waals surface area contributed by atoms with Crippen LogP contribution in [0.4, 0.5) is 11.4 Å². The third-order valence-corrected chi connectivity index (χ3v) is 3.49. The summed E-state index contributed by atoms with van der Waals surface area (Å²) in [5.74, 6) is -1.06. The van der Waals surface area contributed by atoms with Gasteiger partial charge in [0.25, 0.3) is 0 Å². The molecule has 0 aliphatic carbocycles. The van der Waals surface area contributed by atoms with Gasteiger partial charge in [-0.15, -0.1) is 10.2 Å². The SMILES string of the molecule is O=C(/C=C/c1ccccc1)ONc1ccc(N=NC(=O)c2ccccn2)cc1. The molecule has 0 unspecified atom stereocenters. The predicted molar refractivity (Wildman–Crippen MR) is 105 cm³/mol. The van der Waals surface area contributed by atoms with Crippen LogP contribution in [0.5, 0.6) is 0 Å². The minimum absolute atomic E-state index is 0.222. The van der Waals surface area contributed by atoms with E-state index in [-0.39, 0.29) is 5.69 Å². The van der Waals surface area contributed by atoms with E-state index < -0.39 is 11.9 Å². The molecule has 1 N–H and O–H groups in total. The van der Waals surface area contributed by atoms with Crippen molar-refractivity contribution in [2.75, 3.05) is 5.48 Å². The lowest BCUT2D eigenvalue weighted by Crippen LogP contribution is -2.07. The number of benzene rings is 2. The van der Waals surface area contributed by atoms with Crippen LogP contribution in [0.3, 0.4) is 0 Å². The van der Waals surface area contributed by atoms with Crippen LogP contribution in [0, 0.1) is 0 Å². The fraction of sp³-hybridized carbons (Fsp3) is 0. The molecule has 1 amide bonds. The van der Waals surface area contributed by atoms with Crippen LogP contribution in [0.15, 0.2) is 95.3 Å². The smallest absolute Gasteiger partial charge is 0.339 e. The number of anilines is 1. The highest BCUT2D eigenvalue weighted by Crippen LogP contribution is 2.17. The van der Waals surface area contributed by atoms with Crippen molar-refractivity contribution in [3.05, 3.63) is 96.3 Å². The van der Waals surface area contributed by atoms with E-state index in [0.717, 1.165) is 5.56 Å². The molecule has 0 fully saturated rings. The van der Waals surface area contributed by atoms with Crippen molar-refractivity contribution in [1.29, 1.82) is 0 Å². The van der Waals surface area contributed by atoms with Crippen LogP contribution in [-0.2, 0) is 9.63 Å². The van der Waals surface area contributed by atoms with E-state index in [1.807, 2.05) is 30.3 Å². The summed E-state index contributed by atoms with van der Waals surface area (Å²) < 4.78 is 0. The van der Waals surface area contributed by atoms with E-state index in [2.05, 4.69) is 20.7 Å². The molecule has 3 aromatic rings. The Morgan fingerprint density at radius 2 is 1.68 bits per heavy atom. The average molecular weight is 372 g/mol. The van der Waals surface area contributed by atoms with E-state index >= 15 is 0 Å². The number of rotatable bonds is 6. The molecular weight excluding hydrogens is 356 g/mol. The quantitative estimate of drug-likeness (QED) is 0.388. The van der Waals surface area contributed by atoms with E-state index in [1.165, 1.54) is 12.3 Å². The fourth-order valence-corrected chi connectivity index (χ4v) is 2.11. The first-order chi connectivity index (χ1) is 13.7. The standard InChI is InChI=1S/C21H16N4O3/c26-20(14-9-16-6-2-1-3-7-16)28-25-18-12-10-17(11-13-18)23-24-21(27)19-8-4-5-15-22-19/h1-15,25H/b14-9+,24-23?. The monoisotopic (exact) mass is 372 g/mol. The summed E-state index contributed by atoms with van der Waals surface area (Å²) in [4.78, 5) is 32.4. The molecule has 0 saturated carbocycles. The van der Waals surface area contributed by atoms with Crippen LogP contribution in [0.2, 0.25) is 0 Å². The Balaban J connectivity index is 1.50. The summed E-state index contributed by atoms with van der Waals surface area (Å²) in [6.45, 7) is 0. The number of carbonyl (C=O) groups excluding carboxylic acids is 2. The van der Waals surface area contributed by atoms with Gasteiger partial charge in [0.15, 0.2) is 0 Å². The Hall–Kier alpha value is -4.13. The zero-order valence-electron chi connectivity index (χ0n) is 14.7. The van der Waals surface area contributed by atoms with Crippen molar-refractivity contribution >= 4 is 29.3 Å². The first-order valence-corrected chi connectivity index (χ1v) is 8.38. The molecule has 1 heterocycles. The molecule has 138 valence electrons. The largest absolute Gasteiger partial charge is 0.355 e. The van der Waals surface area contributed by atoms with Gasteiger partial charge in [-0.2, -0.15) is 0 Å². The predicted octanol–water partition coefficient (Wildman–Crippen LogP) is 4.59. The molecule has 1 aromatic heterocycles. The average Bonchev–Trinajstić information content (AvgIpc) is 2.76. The molecule has 28 heavy (non-hydrogen) atoms. The lowest BCUT2D eigenvalue weighted by molar-refractivity contribution is -0.134. The second-order valence-corrected chi connectivity index (χ2v) is 5.53. The molecular formula is C21H16N4O3. The summed E-state index contributed by atoms with van der Waals surface area (Å²) in [7, 11) is 0. The molecule has 0 aliphatic rings. The van der Waals surface area contributed by atoms with Gasteiger partial charge in [-0.1, -0.05) is 36.4 Å². The number of hydrogen-bond acceptors (Lipinski definition) is 6. The van der Waals surface area contributed by atoms with Gasteiger partial charge in [0, 0.05) is 12.3 Å². The van der Waals surface area contributed by atoms with Gasteiger partial charge < -0.3 is 4.84 Å². The van der Waals surface area contributed by atoms with Crippen molar-refractivity contribution in [2.45, 2.75) is 0 Å². The molecule has 0 spiro atoms. The second-order valence-electron chi connectivity index (χ2n) is 5.53. The molecule has 0 bridgehead atoms. The number of amides is 1. The van der Waals surface area contributed by atoms with Crippen molar-refractivity contribution in [3.63, 3.8) is 0 Å². The minimum Gasteiger partial charge on any atom is -0.339 e. The van der Waals surface area contributed by atoms with Gasteiger partial charge in [-0.05, 0) is 48.0 Å². The van der Waals surface area contributed by atoms with Crippen molar-refractivity contribution < 1.29 is 14.4 Å². The number of pyridine rings is 1. The highest BCUT2D eigenvalue weighted by atomic mass is 16.7. The van der Waals surface area contributed by atoms with Crippen LogP contribution >= 0.6 is 0 Å². The van der Waals surface area contributed by atoms with Gasteiger partial charge in [0.05, 0.1) is 11.4 Å². The number of azo groups is 1. The van der Waals surface area contributed by atoms with Crippen LogP contribution in [-0.4, -0.2) is 16.9 Å². The summed E-state index contributed by atoms with van der Waals surface area (Å²) in [6.07, 6.45) is 4.50. The minimum atomic E-state index is -0.534. The van der Waals surface area contributed by atoms with Crippen molar-refractivity contribution in [3.8, 4) is 0 Å². The highest BCUT2D eigenvalue weighted by molar-refractivity contribution is 5.92. The zero-order valence-corrected chi connectivity index (χ0v) is 14.7. The van der Waals surface area contributed by atoms with E-state index in [4.69, 9.17) is 4.84 Å². The van der Waals surface area contributed by atoms with E-state index in [9.17, 15) is 9.59 Å². The Bertz CT molecular complexity index is 985.